The minimum absolute atomic E-state index is 0.541. The summed E-state index contributed by atoms with van der Waals surface area (Å²) in [5, 5.41) is 16.8. The van der Waals surface area contributed by atoms with Crippen LogP contribution in [0.2, 0.25) is 0 Å². The number of aromatic nitrogens is 3. The van der Waals surface area contributed by atoms with Crippen LogP contribution in [-0.2, 0) is 13.1 Å². The van der Waals surface area contributed by atoms with Crippen molar-refractivity contribution in [3.05, 3.63) is 64.9 Å². The summed E-state index contributed by atoms with van der Waals surface area (Å²) in [7, 11) is 1.76. The second-order valence-electron chi connectivity index (χ2n) is 4.81. The van der Waals surface area contributed by atoms with Crippen molar-refractivity contribution in [2.75, 3.05) is 7.05 Å². The van der Waals surface area contributed by atoms with Gasteiger partial charge >= 0.3 is 0 Å². The fraction of sp³-hybridized carbons (Fsp3) is 0.188. The largest absolute Gasteiger partial charge is 0.352 e. The molecule has 0 amide bonds. The predicted octanol–water partition coefficient (Wildman–Crippen LogP) is 2.19. The molecule has 1 aromatic carbocycles. The Morgan fingerprint density at radius 1 is 1.13 bits per heavy atom. The zero-order valence-electron chi connectivity index (χ0n) is 12.8. The Kier molecular flexibility index (Phi) is 5.00. The molecule has 6 nitrogen and oxygen atoms in total. The molecular formula is C16H18N6S. The predicted molar refractivity (Wildman–Crippen MR) is 92.7 cm³/mol. The van der Waals surface area contributed by atoms with Gasteiger partial charge in [0.05, 0.1) is 13.1 Å². The van der Waals surface area contributed by atoms with E-state index < -0.39 is 0 Å². The van der Waals surface area contributed by atoms with Crippen LogP contribution in [-0.4, -0.2) is 27.8 Å². The van der Waals surface area contributed by atoms with Gasteiger partial charge in [0.15, 0.2) is 11.8 Å². The summed E-state index contributed by atoms with van der Waals surface area (Å²) < 4.78 is 1.96. The van der Waals surface area contributed by atoms with Gasteiger partial charge in [-0.05, 0) is 23.6 Å². The Balaban J connectivity index is 1.60. The highest BCUT2D eigenvalue weighted by Gasteiger charge is 2.07. The molecule has 7 heteroatoms. The number of para-hydroxylation sites is 1. The number of rotatable bonds is 5. The summed E-state index contributed by atoms with van der Waals surface area (Å²) >= 11 is 1.72. The first-order chi connectivity index (χ1) is 11.4. The number of aliphatic imine (C=N–C) groups is 1. The summed E-state index contributed by atoms with van der Waals surface area (Å²) in [6.45, 7) is 1.29. The molecule has 2 aromatic heterocycles. The van der Waals surface area contributed by atoms with Crippen LogP contribution in [0.25, 0.3) is 5.69 Å². The maximum absolute atomic E-state index is 4.23. The van der Waals surface area contributed by atoms with Crippen LogP contribution in [0.3, 0.4) is 0 Å². The molecule has 2 heterocycles. The van der Waals surface area contributed by atoms with Gasteiger partial charge in [0, 0.05) is 17.6 Å². The topological polar surface area (TPSA) is 67.1 Å². The van der Waals surface area contributed by atoms with E-state index in [1.807, 2.05) is 41.0 Å². The van der Waals surface area contributed by atoms with E-state index in [0.29, 0.717) is 6.54 Å². The molecule has 0 radical (unpaired) electrons. The molecule has 118 valence electrons. The first-order valence-corrected chi connectivity index (χ1v) is 8.16. The molecule has 0 fully saturated rings. The van der Waals surface area contributed by atoms with Crippen LogP contribution in [0.1, 0.15) is 10.7 Å². The van der Waals surface area contributed by atoms with Gasteiger partial charge < -0.3 is 10.6 Å². The molecule has 23 heavy (non-hydrogen) atoms. The van der Waals surface area contributed by atoms with Crippen molar-refractivity contribution in [3.8, 4) is 5.69 Å². The average Bonchev–Trinajstić information content (AvgIpc) is 3.27. The van der Waals surface area contributed by atoms with Gasteiger partial charge in [-0.15, -0.1) is 21.5 Å². The molecule has 2 N–H and O–H groups in total. The lowest BCUT2D eigenvalue weighted by atomic mass is 10.3. The highest BCUT2D eigenvalue weighted by atomic mass is 32.1. The maximum atomic E-state index is 4.23. The standard InChI is InChI=1S/C16H18N6S/c1-17-16(18-10-14-8-5-9-23-14)19-11-15-21-20-12-22(15)13-6-3-2-4-7-13/h2-9,12H,10-11H2,1H3,(H2,17,18,19). The SMILES string of the molecule is CN=C(NCc1cccs1)NCc1nncn1-c1ccccc1. The lowest BCUT2D eigenvalue weighted by Gasteiger charge is -2.11. The van der Waals surface area contributed by atoms with Crippen molar-refractivity contribution in [1.29, 1.82) is 0 Å². The zero-order valence-corrected chi connectivity index (χ0v) is 13.6. The smallest absolute Gasteiger partial charge is 0.191 e. The van der Waals surface area contributed by atoms with Gasteiger partial charge in [0.1, 0.15) is 6.33 Å². The van der Waals surface area contributed by atoms with Gasteiger partial charge in [0.25, 0.3) is 0 Å². The van der Waals surface area contributed by atoms with Crippen molar-refractivity contribution in [2.24, 2.45) is 4.99 Å². The van der Waals surface area contributed by atoms with E-state index in [9.17, 15) is 0 Å². The van der Waals surface area contributed by atoms with Gasteiger partial charge in [0.2, 0.25) is 0 Å². The fourth-order valence-electron chi connectivity index (χ4n) is 2.15. The Labute approximate surface area is 138 Å². The summed E-state index contributed by atoms with van der Waals surface area (Å²) in [6, 6.07) is 14.2. The van der Waals surface area contributed by atoms with Crippen LogP contribution in [0.5, 0.6) is 0 Å². The molecule has 0 spiro atoms. The second kappa shape index (κ2) is 7.55. The summed E-state index contributed by atoms with van der Waals surface area (Å²) in [5.74, 6) is 1.57. The first-order valence-electron chi connectivity index (χ1n) is 7.28. The number of nitrogens with one attached hydrogen (secondary N) is 2. The summed E-state index contributed by atoms with van der Waals surface area (Å²) in [6.07, 6.45) is 1.72. The van der Waals surface area contributed by atoms with Crippen LogP contribution in [0.4, 0.5) is 0 Å². The lowest BCUT2D eigenvalue weighted by Crippen LogP contribution is -2.36. The molecule has 0 unspecified atom stereocenters. The molecule has 0 aliphatic carbocycles. The van der Waals surface area contributed by atoms with Gasteiger partial charge in [-0.1, -0.05) is 24.3 Å². The van der Waals surface area contributed by atoms with Crippen molar-refractivity contribution in [2.45, 2.75) is 13.1 Å². The minimum Gasteiger partial charge on any atom is -0.352 e. The highest BCUT2D eigenvalue weighted by molar-refractivity contribution is 7.09. The average molecular weight is 326 g/mol. The van der Waals surface area contributed by atoms with E-state index >= 15 is 0 Å². The Hall–Kier alpha value is -2.67. The van der Waals surface area contributed by atoms with Gasteiger partial charge in [-0.25, -0.2) is 0 Å². The molecule has 0 atom stereocenters. The Morgan fingerprint density at radius 3 is 2.70 bits per heavy atom. The van der Waals surface area contributed by atoms with Crippen LogP contribution >= 0.6 is 11.3 Å². The van der Waals surface area contributed by atoms with E-state index in [-0.39, 0.29) is 0 Å². The number of benzene rings is 1. The number of nitrogens with zero attached hydrogens (tertiary/aromatic N) is 4. The number of hydrogen-bond acceptors (Lipinski definition) is 4. The maximum Gasteiger partial charge on any atom is 0.191 e. The third kappa shape index (κ3) is 3.95. The summed E-state index contributed by atoms with van der Waals surface area (Å²) in [5.41, 5.74) is 1.04. The number of thiophene rings is 1. The van der Waals surface area contributed by atoms with Crippen molar-refractivity contribution < 1.29 is 0 Å². The van der Waals surface area contributed by atoms with E-state index in [0.717, 1.165) is 24.0 Å². The van der Waals surface area contributed by atoms with Crippen LogP contribution in [0.15, 0.2) is 59.2 Å². The first kappa shape index (κ1) is 15.2. The van der Waals surface area contributed by atoms with Crippen molar-refractivity contribution in [3.63, 3.8) is 0 Å². The van der Waals surface area contributed by atoms with Crippen molar-refractivity contribution in [1.82, 2.24) is 25.4 Å². The molecule has 0 bridgehead atoms. The Morgan fingerprint density at radius 2 is 1.96 bits per heavy atom. The normalized spacial score (nSPS) is 11.4. The molecule has 0 saturated heterocycles. The summed E-state index contributed by atoms with van der Waals surface area (Å²) in [4.78, 5) is 5.50. The lowest BCUT2D eigenvalue weighted by molar-refractivity contribution is 0.756. The fourth-order valence-corrected chi connectivity index (χ4v) is 2.80. The molecule has 0 saturated carbocycles. The van der Waals surface area contributed by atoms with Crippen LogP contribution < -0.4 is 10.6 Å². The zero-order chi connectivity index (χ0) is 15.9. The number of guanidine groups is 1. The minimum atomic E-state index is 0.541. The monoisotopic (exact) mass is 326 g/mol. The molecule has 0 aliphatic heterocycles. The molecule has 3 aromatic rings. The highest BCUT2D eigenvalue weighted by Crippen LogP contribution is 2.09. The van der Waals surface area contributed by atoms with E-state index in [4.69, 9.17) is 0 Å². The van der Waals surface area contributed by atoms with E-state index in [1.165, 1.54) is 4.88 Å². The molecule has 0 aliphatic rings. The molecular weight excluding hydrogens is 308 g/mol. The molecule has 3 rings (SSSR count). The third-order valence-electron chi connectivity index (χ3n) is 3.30. The van der Waals surface area contributed by atoms with Crippen LogP contribution in [0, 0.1) is 0 Å². The van der Waals surface area contributed by atoms with E-state index in [2.05, 4.69) is 37.3 Å². The quantitative estimate of drug-likeness (QED) is 0.557. The third-order valence-corrected chi connectivity index (χ3v) is 4.18. The number of hydrogen-bond donors (Lipinski definition) is 2. The Bertz CT molecular complexity index is 748. The second-order valence-corrected chi connectivity index (χ2v) is 5.84. The van der Waals surface area contributed by atoms with Crippen molar-refractivity contribution >= 4 is 17.3 Å². The van der Waals surface area contributed by atoms with E-state index in [1.54, 1.807) is 24.7 Å². The van der Waals surface area contributed by atoms with Gasteiger partial charge in [-0.3, -0.25) is 9.56 Å². The van der Waals surface area contributed by atoms with Gasteiger partial charge in [-0.2, -0.15) is 0 Å².